The van der Waals surface area contributed by atoms with E-state index in [4.69, 9.17) is 0 Å². The summed E-state index contributed by atoms with van der Waals surface area (Å²) < 4.78 is 1.84. The average molecular weight is 504 g/mol. The Morgan fingerprint density at radius 3 is 1.46 bits per heavy atom. The van der Waals surface area contributed by atoms with Crippen LogP contribution in [0.2, 0.25) is 0 Å². The van der Waals surface area contributed by atoms with Crippen LogP contribution in [0, 0.1) is 0 Å². The minimum absolute atomic E-state index is 0.0921. The lowest BCUT2D eigenvalue weighted by atomic mass is 9.96. The van der Waals surface area contributed by atoms with Crippen molar-refractivity contribution in [1.82, 2.24) is 0 Å². The maximum absolute atomic E-state index is 13.4. The minimum Gasteiger partial charge on any atom is -0.308 e. The van der Waals surface area contributed by atoms with E-state index in [2.05, 4.69) is 31.9 Å². The summed E-state index contributed by atoms with van der Waals surface area (Å²) in [6, 6.07) is 11.6. The lowest BCUT2D eigenvalue weighted by molar-refractivity contribution is -0.114. The number of rotatable bonds is 4. The lowest BCUT2D eigenvalue weighted by Gasteiger charge is -2.16. The van der Waals surface area contributed by atoms with Gasteiger partial charge in [0.15, 0.2) is 0 Å². The number of benzene rings is 2. The van der Waals surface area contributed by atoms with Crippen LogP contribution in [0.3, 0.4) is 0 Å². The first-order valence-corrected chi connectivity index (χ1v) is 11.0. The van der Waals surface area contributed by atoms with Crippen molar-refractivity contribution in [3.63, 3.8) is 0 Å². The van der Waals surface area contributed by atoms with E-state index in [1.54, 1.807) is 9.80 Å². The van der Waals surface area contributed by atoms with Crippen LogP contribution in [0.1, 0.15) is 37.8 Å². The highest BCUT2D eigenvalue weighted by Crippen LogP contribution is 2.47. The predicted octanol–water partition coefficient (Wildman–Crippen LogP) is 5.64. The van der Waals surface area contributed by atoms with Gasteiger partial charge in [-0.15, -0.1) is 0 Å². The molecule has 0 aromatic heterocycles. The van der Waals surface area contributed by atoms with E-state index in [1.807, 2.05) is 50.2 Å². The second kappa shape index (κ2) is 7.48. The van der Waals surface area contributed by atoms with E-state index in [-0.39, 0.29) is 11.8 Å². The first-order chi connectivity index (χ1) is 13.5. The van der Waals surface area contributed by atoms with Crippen LogP contribution in [-0.4, -0.2) is 24.9 Å². The molecule has 144 valence electrons. The third kappa shape index (κ3) is 2.94. The first kappa shape index (κ1) is 19.4. The van der Waals surface area contributed by atoms with Gasteiger partial charge in [-0.1, -0.05) is 57.8 Å². The SMILES string of the molecule is CCCN1C(=O)/C(=C2/C(=O)N(CCC)c3cc(Br)ccc32)c2ccc(Br)cc21. The fourth-order valence-corrected chi connectivity index (χ4v) is 4.67. The van der Waals surface area contributed by atoms with Gasteiger partial charge < -0.3 is 9.80 Å². The molecule has 2 aromatic rings. The highest BCUT2D eigenvalue weighted by molar-refractivity contribution is 9.10. The quantitative estimate of drug-likeness (QED) is 0.507. The van der Waals surface area contributed by atoms with Crippen molar-refractivity contribution in [2.75, 3.05) is 22.9 Å². The van der Waals surface area contributed by atoms with Crippen LogP contribution < -0.4 is 9.80 Å². The zero-order chi connectivity index (χ0) is 20.0. The molecular weight excluding hydrogens is 484 g/mol. The molecule has 0 saturated heterocycles. The summed E-state index contributed by atoms with van der Waals surface area (Å²) in [7, 11) is 0. The number of hydrogen-bond donors (Lipinski definition) is 0. The Morgan fingerprint density at radius 2 is 1.11 bits per heavy atom. The third-order valence-electron chi connectivity index (χ3n) is 5.10. The Balaban J connectivity index is 1.99. The number of carbonyl (C=O) groups is 2. The largest absolute Gasteiger partial charge is 0.308 e. The van der Waals surface area contributed by atoms with Crippen molar-refractivity contribution >= 4 is 66.2 Å². The summed E-state index contributed by atoms with van der Waals surface area (Å²) >= 11 is 7.02. The maximum Gasteiger partial charge on any atom is 0.259 e. The zero-order valence-electron chi connectivity index (χ0n) is 15.8. The van der Waals surface area contributed by atoms with E-state index in [0.29, 0.717) is 24.2 Å². The topological polar surface area (TPSA) is 40.6 Å². The molecule has 28 heavy (non-hydrogen) atoms. The van der Waals surface area contributed by atoms with Crippen LogP contribution in [0.4, 0.5) is 11.4 Å². The van der Waals surface area contributed by atoms with E-state index >= 15 is 0 Å². The molecule has 2 heterocycles. The van der Waals surface area contributed by atoms with Gasteiger partial charge in [-0.25, -0.2) is 0 Å². The molecule has 2 aliphatic rings. The number of anilines is 2. The highest BCUT2D eigenvalue weighted by Gasteiger charge is 2.41. The van der Waals surface area contributed by atoms with Crippen LogP contribution in [0.25, 0.3) is 11.1 Å². The molecule has 6 heteroatoms. The Bertz CT molecular complexity index is 948. The van der Waals surface area contributed by atoms with Crippen LogP contribution in [0.15, 0.2) is 45.3 Å². The molecule has 0 atom stereocenters. The van der Waals surface area contributed by atoms with Gasteiger partial charge >= 0.3 is 0 Å². The maximum atomic E-state index is 13.4. The molecule has 0 N–H and O–H groups in total. The normalized spacial score (nSPS) is 18.1. The van der Waals surface area contributed by atoms with E-state index in [0.717, 1.165) is 44.3 Å². The molecule has 4 nitrogen and oxygen atoms in total. The lowest BCUT2D eigenvalue weighted by Crippen LogP contribution is -2.29. The summed E-state index contributed by atoms with van der Waals surface area (Å²) in [6.07, 6.45) is 1.69. The summed E-state index contributed by atoms with van der Waals surface area (Å²) in [4.78, 5) is 30.4. The van der Waals surface area contributed by atoms with Gasteiger partial charge in [-0.2, -0.15) is 0 Å². The van der Waals surface area contributed by atoms with Crippen molar-refractivity contribution in [2.24, 2.45) is 0 Å². The standard InChI is InChI=1S/C22H20Br2N2O2/c1-3-9-25-17-11-13(23)5-7-15(17)19(21(25)27)20-16-8-6-14(24)12-18(16)26(10-4-2)22(20)28/h5-8,11-12H,3-4,9-10H2,1-2H3/b20-19+. The number of hydrogen-bond acceptors (Lipinski definition) is 2. The van der Waals surface area contributed by atoms with Crippen LogP contribution in [0.5, 0.6) is 0 Å². The Kier molecular flexibility index (Phi) is 5.19. The van der Waals surface area contributed by atoms with Crippen molar-refractivity contribution in [3.05, 3.63) is 56.5 Å². The van der Waals surface area contributed by atoms with Crippen molar-refractivity contribution in [3.8, 4) is 0 Å². The number of nitrogens with zero attached hydrogens (tertiary/aromatic N) is 2. The fraction of sp³-hybridized carbons (Fsp3) is 0.273. The Labute approximate surface area is 181 Å². The fourth-order valence-electron chi connectivity index (χ4n) is 3.97. The van der Waals surface area contributed by atoms with E-state index in [1.165, 1.54) is 0 Å². The summed E-state index contributed by atoms with van der Waals surface area (Å²) in [6.45, 7) is 5.34. The Morgan fingerprint density at radius 1 is 0.714 bits per heavy atom. The van der Waals surface area contributed by atoms with Gasteiger partial charge in [0.25, 0.3) is 11.8 Å². The molecule has 2 aliphatic heterocycles. The second-order valence-corrected chi connectivity index (χ2v) is 8.82. The van der Waals surface area contributed by atoms with Crippen molar-refractivity contribution in [2.45, 2.75) is 26.7 Å². The monoisotopic (exact) mass is 502 g/mol. The Hall–Kier alpha value is -1.92. The van der Waals surface area contributed by atoms with Crippen molar-refractivity contribution < 1.29 is 9.59 Å². The summed E-state index contributed by atoms with van der Waals surface area (Å²) in [5.41, 5.74) is 4.42. The number of amides is 2. The van der Waals surface area contributed by atoms with Gasteiger partial charge in [0, 0.05) is 33.2 Å². The number of halogens is 2. The van der Waals surface area contributed by atoms with E-state index in [9.17, 15) is 9.59 Å². The molecule has 0 unspecified atom stereocenters. The molecule has 0 aliphatic carbocycles. The third-order valence-corrected chi connectivity index (χ3v) is 6.09. The number of carbonyl (C=O) groups excluding carboxylic acids is 2. The highest BCUT2D eigenvalue weighted by atomic mass is 79.9. The average Bonchev–Trinajstić information content (AvgIpc) is 3.07. The molecule has 4 rings (SSSR count). The molecular formula is C22H20Br2N2O2. The molecule has 0 radical (unpaired) electrons. The van der Waals surface area contributed by atoms with Crippen molar-refractivity contribution in [1.29, 1.82) is 0 Å². The van der Waals surface area contributed by atoms with Gasteiger partial charge in [-0.3, -0.25) is 9.59 Å². The van der Waals surface area contributed by atoms with Crippen LogP contribution >= 0.6 is 31.9 Å². The minimum atomic E-state index is -0.0921. The molecule has 2 aromatic carbocycles. The van der Waals surface area contributed by atoms with Crippen LogP contribution in [-0.2, 0) is 9.59 Å². The molecule has 0 spiro atoms. The predicted molar refractivity (Wildman–Crippen MR) is 120 cm³/mol. The molecule has 2 amide bonds. The molecule has 0 fully saturated rings. The summed E-state index contributed by atoms with van der Waals surface area (Å²) in [5.74, 6) is -0.184. The second-order valence-electron chi connectivity index (χ2n) is 6.99. The first-order valence-electron chi connectivity index (χ1n) is 9.45. The molecule has 0 bridgehead atoms. The summed E-state index contributed by atoms with van der Waals surface area (Å²) in [5, 5.41) is 0. The molecule has 0 saturated carbocycles. The van der Waals surface area contributed by atoms with Gasteiger partial charge in [-0.05, 0) is 37.1 Å². The zero-order valence-corrected chi connectivity index (χ0v) is 18.9. The smallest absolute Gasteiger partial charge is 0.259 e. The van der Waals surface area contributed by atoms with E-state index < -0.39 is 0 Å². The number of fused-ring (bicyclic) bond motifs is 2. The van der Waals surface area contributed by atoms with Gasteiger partial charge in [0.1, 0.15) is 0 Å². The van der Waals surface area contributed by atoms with Gasteiger partial charge in [0.05, 0.1) is 22.5 Å². The van der Waals surface area contributed by atoms with Gasteiger partial charge in [0.2, 0.25) is 0 Å².